The lowest BCUT2D eigenvalue weighted by molar-refractivity contribution is -0.157. The third-order valence-corrected chi connectivity index (χ3v) is 4.47. The van der Waals surface area contributed by atoms with E-state index in [1.807, 2.05) is 36.4 Å². The van der Waals surface area contributed by atoms with E-state index in [1.54, 1.807) is 29.2 Å². The molecule has 1 saturated heterocycles. The number of likely N-dealkylation sites (tertiary alicyclic amines) is 1. The molecule has 1 aliphatic heterocycles. The molecule has 0 saturated carbocycles. The molecule has 3 rings (SSSR count). The molecule has 6 heteroatoms. The molecule has 1 fully saturated rings. The van der Waals surface area contributed by atoms with Crippen LogP contribution in [0.25, 0.3) is 0 Å². The van der Waals surface area contributed by atoms with Crippen LogP contribution < -0.4 is 5.32 Å². The molecule has 0 aromatic heterocycles. The van der Waals surface area contributed by atoms with Gasteiger partial charge in [-0.05, 0) is 24.6 Å². The summed E-state index contributed by atoms with van der Waals surface area (Å²) in [6, 6.07) is 18.6. The maximum absolute atomic E-state index is 12.4. The van der Waals surface area contributed by atoms with Crippen molar-refractivity contribution in [2.75, 3.05) is 11.9 Å². The zero-order valence-electron chi connectivity index (χ0n) is 15.1. The number of amides is 2. The molecular weight excluding hydrogens is 344 g/mol. The molecule has 2 atom stereocenters. The topological polar surface area (TPSA) is 75.7 Å². The molecule has 2 unspecified atom stereocenters. The summed E-state index contributed by atoms with van der Waals surface area (Å²) in [4.78, 5) is 38.4. The Labute approximate surface area is 158 Å². The lowest BCUT2D eigenvalue weighted by atomic mass is 10.1. The molecule has 1 aliphatic rings. The standard InChI is InChI=1S/C21H22N2O4/c1-15(20(25)22-18-10-6-3-7-11-18)27-21(26)17-12-19(24)23(14-17)13-16-8-4-2-5-9-16/h2-11,15,17H,12-14H2,1H3,(H,22,25). The number of carbonyl (C=O) groups excluding carboxylic acids is 3. The molecule has 2 aromatic carbocycles. The number of carbonyl (C=O) groups is 3. The van der Waals surface area contributed by atoms with Crippen LogP contribution in [0.2, 0.25) is 0 Å². The minimum Gasteiger partial charge on any atom is -0.452 e. The van der Waals surface area contributed by atoms with Crippen LogP contribution in [0, 0.1) is 5.92 Å². The summed E-state index contributed by atoms with van der Waals surface area (Å²) in [6.07, 6.45) is -0.824. The molecule has 27 heavy (non-hydrogen) atoms. The van der Waals surface area contributed by atoms with E-state index in [2.05, 4.69) is 5.32 Å². The van der Waals surface area contributed by atoms with Gasteiger partial charge in [-0.3, -0.25) is 14.4 Å². The van der Waals surface area contributed by atoms with Crippen molar-refractivity contribution in [2.45, 2.75) is 26.0 Å². The van der Waals surface area contributed by atoms with E-state index in [1.165, 1.54) is 6.92 Å². The Kier molecular flexibility index (Phi) is 5.86. The van der Waals surface area contributed by atoms with Gasteiger partial charge in [-0.1, -0.05) is 48.5 Å². The van der Waals surface area contributed by atoms with Crippen LogP contribution in [0.5, 0.6) is 0 Å². The van der Waals surface area contributed by atoms with Gasteiger partial charge in [0.15, 0.2) is 6.10 Å². The second-order valence-corrected chi connectivity index (χ2v) is 6.60. The Balaban J connectivity index is 1.52. The van der Waals surface area contributed by atoms with E-state index in [-0.39, 0.29) is 12.3 Å². The summed E-state index contributed by atoms with van der Waals surface area (Å²) in [5.41, 5.74) is 1.64. The summed E-state index contributed by atoms with van der Waals surface area (Å²) in [6.45, 7) is 2.29. The first-order valence-corrected chi connectivity index (χ1v) is 8.91. The Hall–Kier alpha value is -3.15. The van der Waals surface area contributed by atoms with Crippen molar-refractivity contribution in [1.29, 1.82) is 0 Å². The number of hydrogen-bond acceptors (Lipinski definition) is 4. The maximum atomic E-state index is 12.4. The number of nitrogens with zero attached hydrogens (tertiary/aromatic N) is 1. The van der Waals surface area contributed by atoms with Gasteiger partial charge >= 0.3 is 5.97 Å². The Morgan fingerprint density at radius 3 is 2.41 bits per heavy atom. The third-order valence-electron chi connectivity index (χ3n) is 4.47. The lowest BCUT2D eigenvalue weighted by Gasteiger charge is -2.18. The highest BCUT2D eigenvalue weighted by atomic mass is 16.5. The van der Waals surface area contributed by atoms with Crippen LogP contribution in [0.15, 0.2) is 60.7 Å². The maximum Gasteiger partial charge on any atom is 0.312 e. The predicted molar refractivity (Wildman–Crippen MR) is 101 cm³/mol. The van der Waals surface area contributed by atoms with Crippen LogP contribution in [-0.2, 0) is 25.7 Å². The van der Waals surface area contributed by atoms with Crippen molar-refractivity contribution in [2.24, 2.45) is 5.92 Å². The van der Waals surface area contributed by atoms with Crippen LogP contribution in [0.1, 0.15) is 18.9 Å². The number of benzene rings is 2. The van der Waals surface area contributed by atoms with Gasteiger partial charge in [0.25, 0.3) is 5.91 Å². The average molecular weight is 366 g/mol. The van der Waals surface area contributed by atoms with E-state index < -0.39 is 23.9 Å². The normalized spacial score (nSPS) is 17.4. The summed E-state index contributed by atoms with van der Waals surface area (Å²) in [5, 5.41) is 2.69. The first-order valence-electron chi connectivity index (χ1n) is 8.91. The smallest absolute Gasteiger partial charge is 0.312 e. The molecule has 0 bridgehead atoms. The average Bonchev–Trinajstić information content (AvgIpc) is 3.04. The zero-order chi connectivity index (χ0) is 19.2. The quantitative estimate of drug-likeness (QED) is 0.798. The SMILES string of the molecule is CC(OC(=O)C1CC(=O)N(Cc2ccccc2)C1)C(=O)Nc1ccccc1. The second-order valence-electron chi connectivity index (χ2n) is 6.60. The monoisotopic (exact) mass is 366 g/mol. The molecule has 2 aromatic rings. The molecule has 0 aliphatic carbocycles. The number of hydrogen-bond donors (Lipinski definition) is 1. The van der Waals surface area contributed by atoms with Crippen molar-refractivity contribution in [3.63, 3.8) is 0 Å². The fourth-order valence-electron chi connectivity index (χ4n) is 2.98. The molecule has 0 radical (unpaired) electrons. The van der Waals surface area contributed by atoms with Gasteiger partial charge in [-0.15, -0.1) is 0 Å². The van der Waals surface area contributed by atoms with Crippen LogP contribution in [0.4, 0.5) is 5.69 Å². The molecule has 0 spiro atoms. The van der Waals surface area contributed by atoms with Crippen LogP contribution >= 0.6 is 0 Å². The van der Waals surface area contributed by atoms with Crippen molar-refractivity contribution in [3.8, 4) is 0 Å². The summed E-state index contributed by atoms with van der Waals surface area (Å²) < 4.78 is 5.29. The second kappa shape index (κ2) is 8.49. The van der Waals surface area contributed by atoms with Crippen molar-refractivity contribution in [3.05, 3.63) is 66.2 Å². The highest BCUT2D eigenvalue weighted by Gasteiger charge is 2.36. The van der Waals surface area contributed by atoms with E-state index in [4.69, 9.17) is 4.74 Å². The fourth-order valence-corrected chi connectivity index (χ4v) is 2.98. The number of rotatable bonds is 6. The van der Waals surface area contributed by atoms with Gasteiger partial charge in [0, 0.05) is 25.2 Å². The first kappa shape index (κ1) is 18.6. The van der Waals surface area contributed by atoms with Gasteiger partial charge in [-0.2, -0.15) is 0 Å². The Morgan fingerprint density at radius 2 is 1.74 bits per heavy atom. The summed E-state index contributed by atoms with van der Waals surface area (Å²) >= 11 is 0. The van der Waals surface area contributed by atoms with Gasteiger partial charge < -0.3 is 15.0 Å². The number of para-hydroxylation sites is 1. The highest BCUT2D eigenvalue weighted by molar-refractivity contribution is 5.95. The molecule has 1 heterocycles. The third kappa shape index (κ3) is 4.94. The van der Waals surface area contributed by atoms with Crippen LogP contribution in [0.3, 0.4) is 0 Å². The molecule has 140 valence electrons. The van der Waals surface area contributed by atoms with Gasteiger partial charge in [0.05, 0.1) is 5.92 Å². The molecule has 2 amide bonds. The van der Waals surface area contributed by atoms with Crippen molar-refractivity contribution >= 4 is 23.5 Å². The minimum absolute atomic E-state index is 0.0813. The van der Waals surface area contributed by atoms with Gasteiger partial charge in [0.2, 0.25) is 5.91 Å². The lowest BCUT2D eigenvalue weighted by Crippen LogP contribution is -2.33. The van der Waals surface area contributed by atoms with E-state index in [0.29, 0.717) is 18.8 Å². The molecule has 1 N–H and O–H groups in total. The predicted octanol–water partition coefficient (Wildman–Crippen LogP) is 2.61. The fraction of sp³-hybridized carbons (Fsp3) is 0.286. The van der Waals surface area contributed by atoms with Crippen molar-refractivity contribution < 1.29 is 19.1 Å². The van der Waals surface area contributed by atoms with E-state index in [9.17, 15) is 14.4 Å². The number of anilines is 1. The van der Waals surface area contributed by atoms with Gasteiger partial charge in [0.1, 0.15) is 0 Å². The zero-order valence-corrected chi connectivity index (χ0v) is 15.1. The van der Waals surface area contributed by atoms with E-state index in [0.717, 1.165) is 5.56 Å². The summed E-state index contributed by atoms with van der Waals surface area (Å²) in [7, 11) is 0. The summed E-state index contributed by atoms with van der Waals surface area (Å²) in [5.74, 6) is -1.55. The first-order chi connectivity index (χ1) is 13.0. The molecular formula is C21H22N2O4. The highest BCUT2D eigenvalue weighted by Crippen LogP contribution is 2.22. The Morgan fingerprint density at radius 1 is 1.11 bits per heavy atom. The Bertz CT molecular complexity index is 807. The van der Waals surface area contributed by atoms with Crippen LogP contribution in [-0.4, -0.2) is 35.3 Å². The largest absolute Gasteiger partial charge is 0.452 e. The van der Waals surface area contributed by atoms with Gasteiger partial charge in [-0.25, -0.2) is 0 Å². The minimum atomic E-state index is -0.934. The van der Waals surface area contributed by atoms with E-state index >= 15 is 0 Å². The number of ether oxygens (including phenoxy) is 1. The van der Waals surface area contributed by atoms with Crippen molar-refractivity contribution in [1.82, 2.24) is 4.90 Å². The number of nitrogens with one attached hydrogen (secondary N) is 1. The molecule has 6 nitrogen and oxygen atoms in total. The number of esters is 1.